The molecule has 0 aliphatic carbocycles. The standard InChI is InChI=1S/C21H14F12N2O2S2/c22-17(23,19(26,27)28)18(24,25)20(29,30)38(13-7-3-1-4-8-13)34-15(36)11-12-16(37)35-39(21(31,32)33)14-9-5-2-6-10-14/h1-10H,11-12H2. The summed E-state index contributed by atoms with van der Waals surface area (Å²) in [5.41, 5.74) is -5.04. The molecule has 0 bridgehead atoms. The molecule has 2 aromatic carbocycles. The van der Waals surface area contributed by atoms with Gasteiger partial charge in [0.25, 0.3) is 11.8 Å². The first-order chi connectivity index (χ1) is 17.7. The highest BCUT2D eigenvalue weighted by molar-refractivity contribution is 7.89. The van der Waals surface area contributed by atoms with Crippen molar-refractivity contribution in [1.29, 1.82) is 0 Å². The van der Waals surface area contributed by atoms with Crippen LogP contribution in [0.25, 0.3) is 0 Å². The average Bonchev–Trinajstić information content (AvgIpc) is 2.83. The third-order valence-corrected chi connectivity index (χ3v) is 7.84. The van der Waals surface area contributed by atoms with E-state index in [2.05, 4.69) is 8.73 Å². The molecule has 0 saturated carbocycles. The van der Waals surface area contributed by atoms with Crippen LogP contribution in [0.4, 0.5) is 52.7 Å². The highest BCUT2D eigenvalue weighted by atomic mass is 32.2. The maximum absolute atomic E-state index is 14.7. The van der Waals surface area contributed by atoms with Crippen molar-refractivity contribution >= 4 is 33.2 Å². The second-order valence-corrected chi connectivity index (χ2v) is 10.7. The monoisotopic (exact) mass is 618 g/mol. The highest BCUT2D eigenvalue weighted by Crippen LogP contribution is 2.55. The largest absolute Gasteiger partial charge is 0.460 e. The van der Waals surface area contributed by atoms with Gasteiger partial charge in [0.2, 0.25) is 0 Å². The fraction of sp³-hybridized carbons (Fsp3) is 0.333. The van der Waals surface area contributed by atoms with Crippen LogP contribution in [0.15, 0.2) is 79.2 Å². The number of benzene rings is 2. The van der Waals surface area contributed by atoms with Crippen molar-refractivity contribution < 1.29 is 62.3 Å². The molecule has 39 heavy (non-hydrogen) atoms. The molecule has 2 aromatic rings. The van der Waals surface area contributed by atoms with Crippen LogP contribution in [0.3, 0.4) is 0 Å². The van der Waals surface area contributed by atoms with Gasteiger partial charge >= 0.3 is 28.8 Å². The molecule has 0 aromatic heterocycles. The van der Waals surface area contributed by atoms with Gasteiger partial charge in [-0.1, -0.05) is 36.4 Å². The number of amides is 2. The Balaban J connectivity index is 2.42. The predicted octanol–water partition coefficient (Wildman–Crippen LogP) is 7.49. The van der Waals surface area contributed by atoms with E-state index in [1.807, 2.05) is 0 Å². The molecule has 0 radical (unpaired) electrons. The molecule has 0 aliphatic rings. The maximum Gasteiger partial charge on any atom is 0.460 e. The fourth-order valence-electron chi connectivity index (χ4n) is 2.59. The van der Waals surface area contributed by atoms with Crippen LogP contribution in [0.5, 0.6) is 0 Å². The van der Waals surface area contributed by atoms with Crippen LogP contribution >= 0.6 is 0 Å². The number of carbonyl (C=O) groups is 2. The van der Waals surface area contributed by atoms with E-state index in [1.54, 1.807) is 0 Å². The third-order valence-electron chi connectivity index (χ3n) is 4.45. The lowest BCUT2D eigenvalue weighted by molar-refractivity contribution is -0.381. The van der Waals surface area contributed by atoms with E-state index in [0.29, 0.717) is 12.1 Å². The average molecular weight is 618 g/mol. The zero-order valence-electron chi connectivity index (χ0n) is 18.8. The van der Waals surface area contributed by atoms with E-state index >= 15 is 0 Å². The Morgan fingerprint density at radius 1 is 0.564 bits per heavy atom. The van der Waals surface area contributed by atoms with Gasteiger partial charge in [0.15, 0.2) is 0 Å². The summed E-state index contributed by atoms with van der Waals surface area (Å²) in [7, 11) is -6.96. The minimum atomic E-state index is -7.25. The van der Waals surface area contributed by atoms with E-state index in [9.17, 15) is 62.3 Å². The normalized spacial score (nSPS) is 15.3. The summed E-state index contributed by atoms with van der Waals surface area (Å²) in [5, 5.41) is -6.28. The highest BCUT2D eigenvalue weighted by Gasteiger charge is 2.83. The number of nitrogens with zero attached hydrogens (tertiary/aromatic N) is 2. The third kappa shape index (κ3) is 7.26. The van der Waals surface area contributed by atoms with Crippen molar-refractivity contribution in [2.45, 2.75) is 51.4 Å². The Kier molecular flexibility index (Phi) is 9.80. The van der Waals surface area contributed by atoms with E-state index in [0.717, 1.165) is 30.3 Å². The van der Waals surface area contributed by atoms with Gasteiger partial charge in [0.05, 0.1) is 0 Å². The maximum atomic E-state index is 14.7. The summed E-state index contributed by atoms with van der Waals surface area (Å²) in [5.74, 6) is -17.8. The van der Waals surface area contributed by atoms with Gasteiger partial charge in [0, 0.05) is 44.0 Å². The second kappa shape index (κ2) is 11.8. The zero-order chi connectivity index (χ0) is 29.9. The molecule has 0 saturated heterocycles. The van der Waals surface area contributed by atoms with E-state index in [-0.39, 0.29) is 0 Å². The lowest BCUT2D eigenvalue weighted by Gasteiger charge is -2.34. The van der Waals surface area contributed by atoms with Crippen LogP contribution in [-0.2, 0) is 31.0 Å². The molecular formula is C21H14F12N2O2S2. The van der Waals surface area contributed by atoms with Crippen molar-refractivity contribution in [1.82, 2.24) is 0 Å². The Bertz CT molecular complexity index is 1250. The van der Waals surface area contributed by atoms with Gasteiger partial charge in [-0.05, 0) is 24.3 Å². The Morgan fingerprint density at radius 3 is 1.28 bits per heavy atom. The van der Waals surface area contributed by atoms with E-state index < -0.39 is 84.6 Å². The number of hydrogen-bond acceptors (Lipinski definition) is 2. The molecular weight excluding hydrogens is 604 g/mol. The predicted molar refractivity (Wildman–Crippen MR) is 115 cm³/mol. The summed E-state index contributed by atoms with van der Waals surface area (Å²) >= 11 is 0. The molecule has 2 atom stereocenters. The summed E-state index contributed by atoms with van der Waals surface area (Å²) in [6, 6.07) is 9.96. The van der Waals surface area contributed by atoms with Crippen molar-refractivity contribution in [3.63, 3.8) is 0 Å². The number of carbonyl (C=O) groups excluding carboxylic acids is 2. The summed E-state index contributed by atoms with van der Waals surface area (Å²) in [6.45, 7) is 0. The van der Waals surface area contributed by atoms with Gasteiger partial charge in [-0.2, -0.15) is 61.4 Å². The van der Waals surface area contributed by atoms with Gasteiger partial charge < -0.3 is 0 Å². The zero-order valence-corrected chi connectivity index (χ0v) is 20.4. The first kappa shape index (κ1) is 32.5. The molecule has 4 nitrogen and oxygen atoms in total. The molecule has 0 heterocycles. The Morgan fingerprint density at radius 2 is 0.923 bits per heavy atom. The molecule has 0 N–H and O–H groups in total. The number of rotatable bonds is 8. The number of halogens is 12. The first-order valence-electron chi connectivity index (χ1n) is 10.1. The van der Waals surface area contributed by atoms with Crippen LogP contribution in [-0.4, -0.2) is 40.6 Å². The van der Waals surface area contributed by atoms with Gasteiger partial charge in [0.1, 0.15) is 0 Å². The van der Waals surface area contributed by atoms with Gasteiger partial charge in [-0.3, -0.25) is 9.59 Å². The smallest absolute Gasteiger partial charge is 0.272 e. The second-order valence-electron chi connectivity index (χ2n) is 7.27. The Hall–Kier alpha value is -2.76. The molecule has 0 spiro atoms. The molecule has 2 amide bonds. The number of alkyl halides is 12. The SMILES string of the molecule is O=C(CCC(=O)N=S(c1ccccc1)C(F)(F)C(F)(F)C(F)(F)C(F)(F)F)N=S(c1ccccc1)C(F)(F)F. The van der Waals surface area contributed by atoms with Crippen LogP contribution in [0.2, 0.25) is 0 Å². The van der Waals surface area contributed by atoms with Crippen LogP contribution < -0.4 is 0 Å². The lowest BCUT2D eigenvalue weighted by atomic mass is 10.1. The van der Waals surface area contributed by atoms with Crippen LogP contribution in [0, 0.1) is 0 Å². The fourth-order valence-corrected chi connectivity index (χ4v) is 5.37. The van der Waals surface area contributed by atoms with Crippen molar-refractivity contribution in [2.24, 2.45) is 8.73 Å². The molecule has 18 heteroatoms. The summed E-state index contributed by atoms with van der Waals surface area (Å²) in [6.07, 6.45) is -9.60. The summed E-state index contributed by atoms with van der Waals surface area (Å²) in [4.78, 5) is 22.7. The van der Waals surface area contributed by atoms with Gasteiger partial charge in [-0.25, -0.2) is 0 Å². The lowest BCUT2D eigenvalue weighted by Crippen LogP contribution is -2.62. The number of hydrogen-bond donors (Lipinski definition) is 0. The quantitative estimate of drug-likeness (QED) is 0.288. The molecule has 216 valence electrons. The van der Waals surface area contributed by atoms with Crippen molar-refractivity contribution in [3.8, 4) is 0 Å². The minimum Gasteiger partial charge on any atom is -0.272 e. The topological polar surface area (TPSA) is 58.9 Å². The molecule has 2 rings (SSSR count). The molecule has 0 aliphatic heterocycles. The Labute approximate surface area is 216 Å². The first-order valence-corrected chi connectivity index (χ1v) is 12.4. The minimum absolute atomic E-state index is 0.438. The van der Waals surface area contributed by atoms with Gasteiger partial charge in [-0.15, -0.1) is 0 Å². The van der Waals surface area contributed by atoms with Crippen LogP contribution in [0.1, 0.15) is 12.8 Å². The van der Waals surface area contributed by atoms with E-state index in [4.69, 9.17) is 0 Å². The van der Waals surface area contributed by atoms with E-state index in [1.165, 1.54) is 18.2 Å². The van der Waals surface area contributed by atoms with Crippen molar-refractivity contribution in [3.05, 3.63) is 60.7 Å². The molecule has 0 fully saturated rings. The molecule has 2 unspecified atom stereocenters. The summed E-state index contributed by atoms with van der Waals surface area (Å²) < 4.78 is 167. The van der Waals surface area contributed by atoms with Crippen molar-refractivity contribution in [2.75, 3.05) is 0 Å².